The van der Waals surface area contributed by atoms with Gasteiger partial charge in [0.2, 0.25) is 0 Å². The van der Waals surface area contributed by atoms with Gasteiger partial charge in [-0.25, -0.2) is 0 Å². The number of aromatic nitrogens is 1. The average Bonchev–Trinajstić information content (AvgIpc) is 1.94. The van der Waals surface area contributed by atoms with Crippen molar-refractivity contribution in [3.8, 4) is 0 Å². The molecule has 0 saturated carbocycles. The maximum absolute atomic E-state index is 4.17. The maximum atomic E-state index is 4.17. The summed E-state index contributed by atoms with van der Waals surface area (Å²) in [6.07, 6.45) is 3.88. The Morgan fingerprint density at radius 2 is 1.82 bits per heavy atom. The Bertz CT molecular complexity index is 251. The Hall–Kier alpha value is -0.850. The van der Waals surface area contributed by atoms with Crippen LogP contribution in [0.25, 0.3) is 0 Å². The van der Waals surface area contributed by atoms with Crippen molar-refractivity contribution in [2.45, 2.75) is 33.6 Å². The molecule has 0 unspecified atom stereocenters. The summed E-state index contributed by atoms with van der Waals surface area (Å²) < 4.78 is 0. The zero-order valence-corrected chi connectivity index (χ0v) is 7.68. The predicted octanol–water partition coefficient (Wildman–Crippen LogP) is 2.82. The summed E-state index contributed by atoms with van der Waals surface area (Å²) in [4.78, 5) is 4.17. The van der Waals surface area contributed by atoms with Crippen molar-refractivity contribution in [2.75, 3.05) is 0 Å². The van der Waals surface area contributed by atoms with Crippen LogP contribution in [0.15, 0.2) is 12.4 Å². The Balaban J connectivity index is 3.17. The second kappa shape index (κ2) is 3.04. The van der Waals surface area contributed by atoms with Crippen LogP contribution in [-0.4, -0.2) is 4.98 Å². The molecule has 60 valence electrons. The van der Waals surface area contributed by atoms with Gasteiger partial charge in [0.1, 0.15) is 0 Å². The van der Waals surface area contributed by atoms with E-state index in [0.29, 0.717) is 5.92 Å². The summed E-state index contributed by atoms with van der Waals surface area (Å²) in [5.41, 5.74) is 4.04. The molecular weight excluding hydrogens is 134 g/mol. The molecule has 0 radical (unpaired) electrons. The fourth-order valence-corrected chi connectivity index (χ4v) is 1.23. The topological polar surface area (TPSA) is 12.9 Å². The SMILES string of the molecule is Cc1cncc(C(C)C)c1C. The minimum absolute atomic E-state index is 0.586. The van der Waals surface area contributed by atoms with Gasteiger partial charge in [-0.1, -0.05) is 13.8 Å². The summed E-state index contributed by atoms with van der Waals surface area (Å²) >= 11 is 0. The van der Waals surface area contributed by atoms with Gasteiger partial charge in [0.15, 0.2) is 0 Å². The van der Waals surface area contributed by atoms with Crippen molar-refractivity contribution < 1.29 is 0 Å². The van der Waals surface area contributed by atoms with E-state index in [1.54, 1.807) is 0 Å². The van der Waals surface area contributed by atoms with Crippen LogP contribution in [0.4, 0.5) is 0 Å². The first kappa shape index (κ1) is 8.25. The van der Waals surface area contributed by atoms with Crippen LogP contribution in [0.1, 0.15) is 36.5 Å². The molecule has 0 aliphatic heterocycles. The molecule has 1 aromatic rings. The Labute approximate surface area is 68.5 Å². The highest BCUT2D eigenvalue weighted by molar-refractivity contribution is 5.31. The van der Waals surface area contributed by atoms with Crippen LogP contribution >= 0.6 is 0 Å². The molecule has 0 bridgehead atoms. The van der Waals surface area contributed by atoms with Gasteiger partial charge < -0.3 is 0 Å². The van der Waals surface area contributed by atoms with E-state index in [9.17, 15) is 0 Å². The number of nitrogens with zero attached hydrogens (tertiary/aromatic N) is 1. The first-order chi connectivity index (χ1) is 5.13. The van der Waals surface area contributed by atoms with Crippen LogP contribution in [-0.2, 0) is 0 Å². The maximum Gasteiger partial charge on any atom is 0.0305 e. The highest BCUT2D eigenvalue weighted by Crippen LogP contribution is 2.19. The van der Waals surface area contributed by atoms with Crippen LogP contribution in [0, 0.1) is 13.8 Å². The number of pyridine rings is 1. The molecule has 0 atom stereocenters. The molecule has 0 aliphatic carbocycles. The fourth-order valence-electron chi connectivity index (χ4n) is 1.23. The highest BCUT2D eigenvalue weighted by Gasteiger charge is 2.04. The summed E-state index contributed by atoms with van der Waals surface area (Å²) in [5, 5.41) is 0. The minimum atomic E-state index is 0.586. The molecule has 0 amide bonds. The van der Waals surface area contributed by atoms with E-state index in [4.69, 9.17) is 0 Å². The van der Waals surface area contributed by atoms with Crippen LogP contribution in [0.5, 0.6) is 0 Å². The van der Waals surface area contributed by atoms with E-state index in [-0.39, 0.29) is 0 Å². The van der Waals surface area contributed by atoms with Crippen molar-refractivity contribution >= 4 is 0 Å². The van der Waals surface area contributed by atoms with E-state index in [1.807, 2.05) is 12.4 Å². The molecule has 1 heterocycles. The third kappa shape index (κ3) is 1.59. The number of hydrogen-bond acceptors (Lipinski definition) is 1. The summed E-state index contributed by atoms with van der Waals surface area (Å²) in [7, 11) is 0. The molecule has 1 aromatic heterocycles. The second-order valence-corrected chi connectivity index (χ2v) is 3.33. The van der Waals surface area contributed by atoms with Crippen LogP contribution < -0.4 is 0 Å². The van der Waals surface area contributed by atoms with E-state index in [2.05, 4.69) is 32.7 Å². The van der Waals surface area contributed by atoms with E-state index >= 15 is 0 Å². The molecule has 0 spiro atoms. The quantitative estimate of drug-likeness (QED) is 0.598. The van der Waals surface area contributed by atoms with E-state index < -0.39 is 0 Å². The van der Waals surface area contributed by atoms with Gasteiger partial charge in [0, 0.05) is 12.4 Å². The Morgan fingerprint density at radius 1 is 1.18 bits per heavy atom. The van der Waals surface area contributed by atoms with Gasteiger partial charge >= 0.3 is 0 Å². The molecule has 0 aromatic carbocycles. The van der Waals surface area contributed by atoms with Crippen LogP contribution in [0.3, 0.4) is 0 Å². The number of hydrogen-bond donors (Lipinski definition) is 0. The zero-order valence-electron chi connectivity index (χ0n) is 7.68. The lowest BCUT2D eigenvalue weighted by Crippen LogP contribution is -1.95. The molecule has 0 fully saturated rings. The molecule has 1 rings (SSSR count). The predicted molar refractivity (Wildman–Crippen MR) is 47.8 cm³/mol. The first-order valence-corrected chi connectivity index (χ1v) is 4.04. The van der Waals surface area contributed by atoms with Crippen molar-refractivity contribution in [2.24, 2.45) is 0 Å². The normalized spacial score (nSPS) is 10.6. The van der Waals surface area contributed by atoms with Gasteiger partial charge in [-0.15, -0.1) is 0 Å². The highest BCUT2D eigenvalue weighted by atomic mass is 14.6. The lowest BCUT2D eigenvalue weighted by molar-refractivity contribution is 0.843. The number of aryl methyl sites for hydroxylation is 1. The van der Waals surface area contributed by atoms with Gasteiger partial charge in [-0.2, -0.15) is 0 Å². The van der Waals surface area contributed by atoms with Crippen LogP contribution in [0.2, 0.25) is 0 Å². The second-order valence-electron chi connectivity index (χ2n) is 3.33. The first-order valence-electron chi connectivity index (χ1n) is 4.04. The molecular formula is C10H15N. The lowest BCUT2D eigenvalue weighted by Gasteiger charge is -2.09. The van der Waals surface area contributed by atoms with E-state index in [0.717, 1.165) is 0 Å². The molecule has 1 nitrogen and oxygen atoms in total. The fraction of sp³-hybridized carbons (Fsp3) is 0.500. The largest absolute Gasteiger partial charge is 0.264 e. The smallest absolute Gasteiger partial charge is 0.0305 e. The Morgan fingerprint density at radius 3 is 2.27 bits per heavy atom. The summed E-state index contributed by atoms with van der Waals surface area (Å²) in [6, 6.07) is 0. The lowest BCUT2D eigenvalue weighted by atomic mass is 9.98. The average molecular weight is 149 g/mol. The van der Waals surface area contributed by atoms with Gasteiger partial charge in [-0.05, 0) is 36.5 Å². The monoisotopic (exact) mass is 149 g/mol. The molecule has 0 saturated heterocycles. The summed E-state index contributed by atoms with van der Waals surface area (Å²) in [5.74, 6) is 0.586. The molecule has 1 heteroatoms. The standard InChI is InChI=1S/C10H15N/c1-7(2)10-6-11-5-8(3)9(10)4/h5-7H,1-4H3. The molecule has 11 heavy (non-hydrogen) atoms. The van der Waals surface area contributed by atoms with Crippen molar-refractivity contribution in [1.82, 2.24) is 4.98 Å². The third-order valence-electron chi connectivity index (χ3n) is 2.13. The van der Waals surface area contributed by atoms with Crippen molar-refractivity contribution in [1.29, 1.82) is 0 Å². The van der Waals surface area contributed by atoms with Crippen molar-refractivity contribution in [3.05, 3.63) is 29.1 Å². The molecule has 0 N–H and O–H groups in total. The van der Waals surface area contributed by atoms with Gasteiger partial charge in [0.05, 0.1) is 0 Å². The third-order valence-corrected chi connectivity index (χ3v) is 2.13. The summed E-state index contributed by atoms with van der Waals surface area (Å²) in [6.45, 7) is 8.66. The zero-order chi connectivity index (χ0) is 8.43. The number of rotatable bonds is 1. The molecule has 0 aliphatic rings. The minimum Gasteiger partial charge on any atom is -0.264 e. The van der Waals surface area contributed by atoms with Gasteiger partial charge in [0.25, 0.3) is 0 Å². The van der Waals surface area contributed by atoms with E-state index in [1.165, 1.54) is 16.7 Å². The van der Waals surface area contributed by atoms with Crippen molar-refractivity contribution in [3.63, 3.8) is 0 Å². The Kier molecular flexibility index (Phi) is 2.28. The van der Waals surface area contributed by atoms with Gasteiger partial charge in [-0.3, -0.25) is 4.98 Å².